The third-order valence-electron chi connectivity index (χ3n) is 5.16. The van der Waals surface area contributed by atoms with Gasteiger partial charge in [0.25, 0.3) is 0 Å². The summed E-state index contributed by atoms with van der Waals surface area (Å²) >= 11 is 0. The molecule has 1 aliphatic rings. The zero-order valence-electron chi connectivity index (χ0n) is 18.0. The Morgan fingerprint density at radius 2 is 2.00 bits per heavy atom. The van der Waals surface area contributed by atoms with E-state index in [0.717, 1.165) is 24.0 Å². The van der Waals surface area contributed by atoms with Gasteiger partial charge < -0.3 is 14.8 Å². The number of rotatable bonds is 10. The Labute approximate surface area is 184 Å². The number of hydrogen-bond acceptors (Lipinski definition) is 5. The fourth-order valence-corrected chi connectivity index (χ4v) is 4.98. The summed E-state index contributed by atoms with van der Waals surface area (Å²) < 4.78 is 39.1. The standard InChI is InChI=1S/C23H30N2O5S/c1-3-29-22-12-11-21(14-18(22)2)31(27,28)25(16-19-8-5-4-6-9-19)17-23(26)24-15-20-10-7-13-30-20/h4-6,8-9,11-12,14,20H,3,7,10,13,15-17H2,1-2H3,(H,24,26)/t20-/m1/s1. The smallest absolute Gasteiger partial charge is 0.243 e. The van der Waals surface area contributed by atoms with E-state index in [0.29, 0.717) is 25.5 Å². The van der Waals surface area contributed by atoms with Crippen LogP contribution >= 0.6 is 0 Å². The lowest BCUT2D eigenvalue weighted by Gasteiger charge is -2.23. The number of nitrogens with one attached hydrogen (secondary N) is 1. The molecule has 1 fully saturated rings. The zero-order chi connectivity index (χ0) is 22.3. The summed E-state index contributed by atoms with van der Waals surface area (Å²) in [6.07, 6.45) is 1.88. The molecule has 0 radical (unpaired) electrons. The van der Waals surface area contributed by atoms with Crippen LogP contribution in [0, 0.1) is 6.92 Å². The van der Waals surface area contributed by atoms with E-state index >= 15 is 0 Å². The van der Waals surface area contributed by atoms with Crippen molar-refractivity contribution in [3.8, 4) is 5.75 Å². The molecule has 3 rings (SSSR count). The second-order valence-electron chi connectivity index (χ2n) is 7.56. The minimum absolute atomic E-state index is 0.00288. The first-order chi connectivity index (χ1) is 14.9. The molecule has 1 amide bonds. The molecule has 0 spiro atoms. The van der Waals surface area contributed by atoms with Gasteiger partial charge in [-0.15, -0.1) is 0 Å². The molecule has 1 atom stereocenters. The highest BCUT2D eigenvalue weighted by Gasteiger charge is 2.28. The molecule has 168 valence electrons. The molecule has 2 aromatic rings. The van der Waals surface area contributed by atoms with Gasteiger partial charge >= 0.3 is 0 Å². The Kier molecular flexibility index (Phi) is 8.06. The van der Waals surface area contributed by atoms with Gasteiger partial charge in [-0.1, -0.05) is 30.3 Å². The Morgan fingerprint density at radius 3 is 2.65 bits per heavy atom. The molecule has 1 aliphatic heterocycles. The first-order valence-electron chi connectivity index (χ1n) is 10.6. The normalized spacial score (nSPS) is 16.4. The van der Waals surface area contributed by atoms with Gasteiger partial charge in [0.1, 0.15) is 5.75 Å². The summed E-state index contributed by atoms with van der Waals surface area (Å²) in [5, 5.41) is 2.81. The molecule has 0 aromatic heterocycles. The third kappa shape index (κ3) is 6.29. The largest absolute Gasteiger partial charge is 0.494 e. The number of ether oxygens (including phenoxy) is 2. The average molecular weight is 447 g/mol. The van der Waals surface area contributed by atoms with Gasteiger partial charge in [0.05, 0.1) is 24.2 Å². The predicted octanol–water partition coefficient (Wildman–Crippen LogP) is 2.88. The van der Waals surface area contributed by atoms with Crippen molar-refractivity contribution in [1.82, 2.24) is 9.62 Å². The van der Waals surface area contributed by atoms with Crippen molar-refractivity contribution in [2.75, 3.05) is 26.3 Å². The van der Waals surface area contributed by atoms with Crippen LogP contribution in [0.3, 0.4) is 0 Å². The molecule has 1 saturated heterocycles. The topological polar surface area (TPSA) is 84.9 Å². The van der Waals surface area contributed by atoms with Crippen molar-refractivity contribution in [2.45, 2.75) is 44.2 Å². The summed E-state index contributed by atoms with van der Waals surface area (Å²) in [6.45, 7) is 5.10. The Bertz CT molecular complexity index is 973. The highest BCUT2D eigenvalue weighted by molar-refractivity contribution is 7.89. The van der Waals surface area contributed by atoms with Crippen molar-refractivity contribution in [3.63, 3.8) is 0 Å². The van der Waals surface area contributed by atoms with Crippen LogP contribution in [0.1, 0.15) is 30.9 Å². The van der Waals surface area contributed by atoms with Crippen LogP contribution in [-0.2, 0) is 26.1 Å². The van der Waals surface area contributed by atoms with Crippen LogP contribution in [0.15, 0.2) is 53.4 Å². The molecule has 0 saturated carbocycles. The van der Waals surface area contributed by atoms with E-state index in [1.807, 2.05) is 37.3 Å². The SMILES string of the molecule is CCOc1ccc(S(=O)(=O)N(CC(=O)NC[C@H]2CCCO2)Cc2ccccc2)cc1C. The minimum atomic E-state index is -3.90. The second-order valence-corrected chi connectivity index (χ2v) is 9.50. The van der Waals surface area contributed by atoms with Crippen LogP contribution in [0.2, 0.25) is 0 Å². The number of amides is 1. The number of carbonyl (C=O) groups is 1. The molecule has 7 nitrogen and oxygen atoms in total. The van der Waals surface area contributed by atoms with E-state index in [1.54, 1.807) is 19.1 Å². The van der Waals surface area contributed by atoms with E-state index < -0.39 is 10.0 Å². The number of benzene rings is 2. The van der Waals surface area contributed by atoms with Crippen molar-refractivity contribution >= 4 is 15.9 Å². The summed E-state index contributed by atoms with van der Waals surface area (Å²) in [5.41, 5.74) is 1.53. The highest BCUT2D eigenvalue weighted by atomic mass is 32.2. The second kappa shape index (κ2) is 10.7. The summed E-state index contributed by atoms with van der Waals surface area (Å²) in [4.78, 5) is 12.7. The Hall–Kier alpha value is -2.42. The van der Waals surface area contributed by atoms with Gasteiger partial charge in [-0.3, -0.25) is 4.79 Å². The van der Waals surface area contributed by atoms with Gasteiger partial charge in [0.2, 0.25) is 15.9 Å². The zero-order valence-corrected chi connectivity index (χ0v) is 18.9. The monoisotopic (exact) mass is 446 g/mol. The maximum Gasteiger partial charge on any atom is 0.243 e. The highest BCUT2D eigenvalue weighted by Crippen LogP contribution is 2.25. The van der Waals surface area contributed by atoms with Gasteiger partial charge in [0.15, 0.2) is 0 Å². The minimum Gasteiger partial charge on any atom is -0.494 e. The lowest BCUT2D eigenvalue weighted by molar-refractivity contribution is -0.121. The molecule has 1 heterocycles. The van der Waals surface area contributed by atoms with Gasteiger partial charge in [-0.25, -0.2) is 8.42 Å². The number of sulfonamides is 1. The van der Waals surface area contributed by atoms with E-state index in [4.69, 9.17) is 9.47 Å². The van der Waals surface area contributed by atoms with Crippen molar-refractivity contribution in [1.29, 1.82) is 0 Å². The van der Waals surface area contributed by atoms with Gasteiger partial charge in [-0.2, -0.15) is 4.31 Å². The summed E-state index contributed by atoms with van der Waals surface area (Å²) in [5.74, 6) is 0.294. The molecule has 0 aliphatic carbocycles. The van der Waals surface area contributed by atoms with Gasteiger partial charge in [-0.05, 0) is 56.0 Å². The van der Waals surface area contributed by atoms with E-state index in [-0.39, 0.29) is 30.0 Å². The fourth-order valence-electron chi connectivity index (χ4n) is 3.51. The van der Waals surface area contributed by atoms with Crippen LogP contribution in [0.5, 0.6) is 5.75 Å². The van der Waals surface area contributed by atoms with Crippen LogP contribution in [0.25, 0.3) is 0 Å². The molecule has 1 N–H and O–H groups in total. The number of nitrogens with zero attached hydrogens (tertiary/aromatic N) is 1. The molecular formula is C23H30N2O5S. The molecule has 31 heavy (non-hydrogen) atoms. The lowest BCUT2D eigenvalue weighted by atomic mass is 10.2. The third-order valence-corrected chi connectivity index (χ3v) is 6.94. The van der Waals surface area contributed by atoms with Crippen LogP contribution in [-0.4, -0.2) is 51.0 Å². The molecule has 0 bridgehead atoms. The van der Waals surface area contributed by atoms with Crippen molar-refractivity contribution < 1.29 is 22.7 Å². The quantitative estimate of drug-likeness (QED) is 0.607. The maximum absolute atomic E-state index is 13.4. The van der Waals surface area contributed by atoms with Crippen molar-refractivity contribution in [2.24, 2.45) is 0 Å². The molecule has 2 aromatic carbocycles. The predicted molar refractivity (Wildman–Crippen MR) is 118 cm³/mol. The molecule has 8 heteroatoms. The summed E-state index contributed by atoms with van der Waals surface area (Å²) in [7, 11) is -3.90. The molecule has 0 unspecified atom stereocenters. The summed E-state index contributed by atoms with van der Waals surface area (Å²) in [6, 6.07) is 14.0. The van der Waals surface area contributed by atoms with E-state index in [2.05, 4.69) is 5.32 Å². The average Bonchev–Trinajstić information content (AvgIpc) is 3.28. The van der Waals surface area contributed by atoms with Crippen LogP contribution in [0.4, 0.5) is 0 Å². The Balaban J connectivity index is 1.80. The number of hydrogen-bond donors (Lipinski definition) is 1. The first kappa shape index (κ1) is 23.2. The van der Waals surface area contributed by atoms with E-state index in [9.17, 15) is 13.2 Å². The number of carbonyl (C=O) groups excluding carboxylic acids is 1. The maximum atomic E-state index is 13.4. The van der Waals surface area contributed by atoms with Crippen LogP contribution < -0.4 is 10.1 Å². The van der Waals surface area contributed by atoms with Crippen molar-refractivity contribution in [3.05, 3.63) is 59.7 Å². The Morgan fingerprint density at radius 1 is 1.23 bits per heavy atom. The molecular weight excluding hydrogens is 416 g/mol. The first-order valence-corrected chi connectivity index (χ1v) is 12.0. The fraction of sp³-hybridized carbons (Fsp3) is 0.435. The van der Waals surface area contributed by atoms with E-state index in [1.165, 1.54) is 10.4 Å². The van der Waals surface area contributed by atoms with Gasteiger partial charge in [0, 0.05) is 19.7 Å². The number of aryl methyl sites for hydroxylation is 1. The lowest BCUT2D eigenvalue weighted by Crippen LogP contribution is -2.42.